The number of amides is 1. The number of anilines is 2. The van der Waals surface area contributed by atoms with Crippen LogP contribution < -0.4 is 9.80 Å². The first-order valence-corrected chi connectivity index (χ1v) is 7.82. The lowest BCUT2D eigenvalue weighted by atomic mass is 10.1. The number of fused-ring (bicyclic) bond motifs is 3. The normalized spacial score (nSPS) is 20.0. The Hall–Kier alpha value is -2.36. The van der Waals surface area contributed by atoms with Crippen LogP contribution in [0.5, 0.6) is 0 Å². The summed E-state index contributed by atoms with van der Waals surface area (Å²) in [5.41, 5.74) is 3.32. The van der Waals surface area contributed by atoms with Crippen LogP contribution in [0.15, 0.2) is 42.6 Å². The van der Waals surface area contributed by atoms with Gasteiger partial charge >= 0.3 is 0 Å². The predicted molar refractivity (Wildman–Crippen MR) is 87.0 cm³/mol. The van der Waals surface area contributed by atoms with Gasteiger partial charge in [-0.1, -0.05) is 29.8 Å². The molecule has 2 aliphatic rings. The zero-order chi connectivity index (χ0) is 15.1. The smallest absolute Gasteiger partial charge is 0.250 e. The molecule has 0 aliphatic carbocycles. The predicted octanol–water partition coefficient (Wildman–Crippen LogP) is 2.91. The van der Waals surface area contributed by atoms with E-state index in [1.165, 1.54) is 5.56 Å². The summed E-state index contributed by atoms with van der Waals surface area (Å²) in [7, 11) is 0. The SMILES string of the molecule is Cc1ccc(CN2C(=O)[C@@H]3CCCN3c3ncccc32)cc1. The van der Waals surface area contributed by atoms with Gasteiger partial charge in [0.15, 0.2) is 5.82 Å². The number of aryl methyl sites for hydroxylation is 1. The summed E-state index contributed by atoms with van der Waals surface area (Å²) in [4.78, 5) is 21.5. The Morgan fingerprint density at radius 1 is 1.23 bits per heavy atom. The van der Waals surface area contributed by atoms with Gasteiger partial charge in [0.05, 0.1) is 12.2 Å². The summed E-state index contributed by atoms with van der Waals surface area (Å²) in [5.74, 6) is 1.16. The highest BCUT2D eigenvalue weighted by atomic mass is 16.2. The summed E-state index contributed by atoms with van der Waals surface area (Å²) >= 11 is 0. The Balaban J connectivity index is 1.73. The molecule has 1 amide bonds. The standard InChI is InChI=1S/C18H19N3O/c1-13-6-8-14(9-7-13)12-21-15-4-2-10-19-17(15)20-11-3-5-16(20)18(21)22/h2,4,6-10,16H,3,5,11-12H2,1H3/t16-/m0/s1. The van der Waals surface area contributed by atoms with Gasteiger partial charge in [0.25, 0.3) is 0 Å². The Kier molecular flexibility index (Phi) is 3.10. The second-order valence-electron chi connectivity index (χ2n) is 6.11. The van der Waals surface area contributed by atoms with Gasteiger partial charge in [-0.05, 0) is 37.5 Å². The number of rotatable bonds is 2. The fourth-order valence-electron chi connectivity index (χ4n) is 3.44. The maximum atomic E-state index is 12.9. The van der Waals surface area contributed by atoms with Gasteiger partial charge in [-0.3, -0.25) is 4.79 Å². The van der Waals surface area contributed by atoms with Crippen molar-refractivity contribution in [3.63, 3.8) is 0 Å². The molecule has 2 aliphatic heterocycles. The van der Waals surface area contributed by atoms with E-state index in [9.17, 15) is 4.79 Å². The molecule has 0 spiro atoms. The van der Waals surface area contributed by atoms with Crippen molar-refractivity contribution in [3.8, 4) is 0 Å². The Bertz CT molecular complexity index is 711. The molecular formula is C18H19N3O. The quantitative estimate of drug-likeness (QED) is 0.854. The van der Waals surface area contributed by atoms with Crippen molar-refractivity contribution >= 4 is 17.4 Å². The fourth-order valence-corrected chi connectivity index (χ4v) is 3.44. The molecule has 1 aromatic carbocycles. The number of hydrogen-bond donors (Lipinski definition) is 0. The molecule has 4 rings (SSSR count). The van der Waals surface area contributed by atoms with Gasteiger partial charge < -0.3 is 9.80 Å². The van der Waals surface area contributed by atoms with Crippen molar-refractivity contribution in [1.82, 2.24) is 4.98 Å². The molecule has 4 nitrogen and oxygen atoms in total. The van der Waals surface area contributed by atoms with E-state index in [1.54, 1.807) is 0 Å². The highest BCUT2D eigenvalue weighted by molar-refractivity contribution is 6.05. The number of aromatic nitrogens is 1. The average molecular weight is 293 g/mol. The van der Waals surface area contributed by atoms with E-state index in [-0.39, 0.29) is 11.9 Å². The molecule has 1 fully saturated rings. The largest absolute Gasteiger partial charge is 0.343 e. The van der Waals surface area contributed by atoms with Crippen LogP contribution in [0.25, 0.3) is 0 Å². The second-order valence-corrected chi connectivity index (χ2v) is 6.11. The maximum Gasteiger partial charge on any atom is 0.250 e. The molecule has 4 heteroatoms. The molecule has 1 aromatic heterocycles. The third kappa shape index (κ3) is 2.06. The fraction of sp³-hybridized carbons (Fsp3) is 0.333. The van der Waals surface area contributed by atoms with Crippen molar-refractivity contribution in [3.05, 3.63) is 53.7 Å². The minimum atomic E-state index is -0.0344. The van der Waals surface area contributed by atoms with Gasteiger partial charge in [-0.25, -0.2) is 4.98 Å². The topological polar surface area (TPSA) is 36.4 Å². The first kappa shape index (κ1) is 13.3. The molecule has 1 saturated heterocycles. The molecule has 0 radical (unpaired) electrons. The first-order chi connectivity index (χ1) is 10.7. The number of nitrogens with zero attached hydrogens (tertiary/aromatic N) is 3. The zero-order valence-corrected chi connectivity index (χ0v) is 12.7. The van der Waals surface area contributed by atoms with Crippen molar-refractivity contribution in [2.45, 2.75) is 32.4 Å². The number of carbonyl (C=O) groups is 1. The van der Waals surface area contributed by atoms with Crippen LogP contribution in [0, 0.1) is 6.92 Å². The molecule has 0 bridgehead atoms. The lowest BCUT2D eigenvalue weighted by Crippen LogP contribution is -2.50. The van der Waals surface area contributed by atoms with Crippen molar-refractivity contribution in [2.75, 3.05) is 16.3 Å². The minimum Gasteiger partial charge on any atom is -0.343 e. The van der Waals surface area contributed by atoms with Crippen LogP contribution >= 0.6 is 0 Å². The molecule has 0 unspecified atom stereocenters. The Morgan fingerprint density at radius 2 is 2.05 bits per heavy atom. The van der Waals surface area contributed by atoms with Crippen LogP contribution in [0.3, 0.4) is 0 Å². The lowest BCUT2D eigenvalue weighted by Gasteiger charge is -2.38. The van der Waals surface area contributed by atoms with Crippen LogP contribution in [0.4, 0.5) is 11.5 Å². The van der Waals surface area contributed by atoms with E-state index in [2.05, 4.69) is 41.1 Å². The molecule has 0 N–H and O–H groups in total. The van der Waals surface area contributed by atoms with Crippen LogP contribution in [-0.4, -0.2) is 23.5 Å². The minimum absolute atomic E-state index is 0.0344. The molecule has 0 saturated carbocycles. The summed E-state index contributed by atoms with van der Waals surface area (Å²) < 4.78 is 0. The average Bonchev–Trinajstić information content (AvgIpc) is 3.03. The van der Waals surface area contributed by atoms with Crippen molar-refractivity contribution in [1.29, 1.82) is 0 Å². The molecule has 22 heavy (non-hydrogen) atoms. The van der Waals surface area contributed by atoms with Crippen molar-refractivity contribution in [2.24, 2.45) is 0 Å². The third-order valence-corrected chi connectivity index (χ3v) is 4.59. The van der Waals surface area contributed by atoms with Crippen molar-refractivity contribution < 1.29 is 4.79 Å². The highest BCUT2D eigenvalue weighted by Gasteiger charge is 2.41. The van der Waals surface area contributed by atoms with E-state index >= 15 is 0 Å². The monoisotopic (exact) mass is 293 g/mol. The molecule has 3 heterocycles. The third-order valence-electron chi connectivity index (χ3n) is 4.59. The number of benzene rings is 1. The molecule has 2 aromatic rings. The second kappa shape index (κ2) is 5.13. The maximum absolute atomic E-state index is 12.9. The molecule has 1 atom stereocenters. The van der Waals surface area contributed by atoms with E-state index in [0.717, 1.165) is 36.5 Å². The van der Waals surface area contributed by atoms with Gasteiger partial charge in [0.2, 0.25) is 5.91 Å². The summed E-state index contributed by atoms with van der Waals surface area (Å²) in [6.07, 6.45) is 3.80. The summed E-state index contributed by atoms with van der Waals surface area (Å²) in [5, 5.41) is 0. The summed E-state index contributed by atoms with van der Waals surface area (Å²) in [6, 6.07) is 12.3. The molecular weight excluding hydrogens is 274 g/mol. The Morgan fingerprint density at radius 3 is 2.86 bits per heavy atom. The van der Waals surface area contributed by atoms with Gasteiger partial charge in [-0.2, -0.15) is 0 Å². The Labute approximate surface area is 130 Å². The van der Waals surface area contributed by atoms with E-state index in [0.29, 0.717) is 6.54 Å². The lowest BCUT2D eigenvalue weighted by molar-refractivity contribution is -0.120. The number of hydrogen-bond acceptors (Lipinski definition) is 3. The van der Waals surface area contributed by atoms with Gasteiger partial charge in [0, 0.05) is 12.7 Å². The highest BCUT2D eigenvalue weighted by Crippen LogP contribution is 2.38. The number of carbonyl (C=O) groups excluding carboxylic acids is 1. The zero-order valence-electron chi connectivity index (χ0n) is 12.7. The summed E-state index contributed by atoms with van der Waals surface area (Å²) in [6.45, 7) is 3.62. The number of pyridine rings is 1. The van der Waals surface area contributed by atoms with Crippen LogP contribution in [0.2, 0.25) is 0 Å². The van der Waals surface area contributed by atoms with Crippen LogP contribution in [0.1, 0.15) is 24.0 Å². The molecule has 112 valence electrons. The van der Waals surface area contributed by atoms with E-state index in [1.807, 2.05) is 23.2 Å². The van der Waals surface area contributed by atoms with E-state index in [4.69, 9.17) is 0 Å². The van der Waals surface area contributed by atoms with Gasteiger partial charge in [-0.15, -0.1) is 0 Å². The van der Waals surface area contributed by atoms with Gasteiger partial charge in [0.1, 0.15) is 6.04 Å². The first-order valence-electron chi connectivity index (χ1n) is 7.82. The van der Waals surface area contributed by atoms with E-state index < -0.39 is 0 Å². The van der Waals surface area contributed by atoms with Crippen LogP contribution in [-0.2, 0) is 11.3 Å².